The number of rotatable bonds is 3. The summed E-state index contributed by atoms with van der Waals surface area (Å²) in [5.41, 5.74) is -0.110. The van der Waals surface area contributed by atoms with Gasteiger partial charge in [-0.15, -0.1) is 0 Å². The number of aromatic nitrogens is 2. The van der Waals surface area contributed by atoms with Crippen molar-refractivity contribution in [3.8, 4) is 0 Å². The predicted octanol–water partition coefficient (Wildman–Crippen LogP) is 0.998. The van der Waals surface area contributed by atoms with Crippen LogP contribution in [0.4, 0.5) is 0 Å². The van der Waals surface area contributed by atoms with Crippen molar-refractivity contribution in [1.82, 2.24) is 9.97 Å². The summed E-state index contributed by atoms with van der Waals surface area (Å²) in [4.78, 5) is 18.8. The molecule has 1 aromatic rings. The molecule has 1 aliphatic carbocycles. The Labute approximate surface area is 70.9 Å². The van der Waals surface area contributed by atoms with E-state index in [1.807, 2.05) is 0 Å². The summed E-state index contributed by atoms with van der Waals surface area (Å²) in [7, 11) is 0. The molecule has 1 heterocycles. The molecule has 62 valence electrons. The number of nitrogens with zero attached hydrogens (tertiary/aromatic N) is 2. The van der Waals surface area contributed by atoms with E-state index in [2.05, 4.69) is 9.97 Å². The normalized spacial score (nSPS) is 18.7. The van der Waals surface area contributed by atoms with E-state index in [4.69, 9.17) is 0 Å². The standard InChI is InChI=1S/C9H10N2O/c12-7-9(2-3-9)6-8-10-4-1-5-11-8/h1,4-5,7H,2-3,6H2. The van der Waals surface area contributed by atoms with Crippen molar-refractivity contribution in [2.75, 3.05) is 0 Å². The quantitative estimate of drug-likeness (QED) is 0.622. The maximum Gasteiger partial charge on any atom is 0.129 e. The van der Waals surface area contributed by atoms with Gasteiger partial charge in [-0.1, -0.05) is 0 Å². The first-order valence-electron chi connectivity index (χ1n) is 4.07. The minimum absolute atomic E-state index is 0.110. The van der Waals surface area contributed by atoms with Gasteiger partial charge in [-0.3, -0.25) is 0 Å². The second-order valence-corrected chi connectivity index (χ2v) is 3.32. The zero-order valence-electron chi connectivity index (χ0n) is 6.73. The lowest BCUT2D eigenvalue weighted by Crippen LogP contribution is -2.08. The molecule has 0 spiro atoms. The molecule has 0 bridgehead atoms. The molecule has 0 amide bonds. The molecule has 3 nitrogen and oxygen atoms in total. The van der Waals surface area contributed by atoms with Crippen LogP contribution in [-0.2, 0) is 11.2 Å². The van der Waals surface area contributed by atoms with Gasteiger partial charge in [-0.25, -0.2) is 9.97 Å². The Hall–Kier alpha value is -1.25. The fourth-order valence-electron chi connectivity index (χ4n) is 1.23. The van der Waals surface area contributed by atoms with Gasteiger partial charge in [0.2, 0.25) is 0 Å². The Balaban J connectivity index is 2.09. The summed E-state index contributed by atoms with van der Waals surface area (Å²) in [5, 5.41) is 0. The maximum absolute atomic E-state index is 10.6. The minimum Gasteiger partial charge on any atom is -0.303 e. The van der Waals surface area contributed by atoms with Crippen molar-refractivity contribution in [2.24, 2.45) is 5.41 Å². The molecule has 1 fully saturated rings. The molecule has 1 aliphatic rings. The monoisotopic (exact) mass is 162 g/mol. The number of hydrogen-bond acceptors (Lipinski definition) is 3. The largest absolute Gasteiger partial charge is 0.303 e. The summed E-state index contributed by atoms with van der Waals surface area (Å²) in [5.74, 6) is 0.780. The lowest BCUT2D eigenvalue weighted by atomic mass is 10.1. The third-order valence-electron chi connectivity index (χ3n) is 2.27. The molecule has 2 rings (SSSR count). The highest BCUT2D eigenvalue weighted by atomic mass is 16.1. The predicted molar refractivity (Wildman–Crippen MR) is 43.5 cm³/mol. The summed E-state index contributed by atoms with van der Waals surface area (Å²) in [6.45, 7) is 0. The first-order chi connectivity index (χ1) is 5.85. The molecule has 1 aromatic heterocycles. The van der Waals surface area contributed by atoms with Gasteiger partial charge in [0, 0.05) is 24.2 Å². The highest BCUT2D eigenvalue weighted by Crippen LogP contribution is 2.45. The van der Waals surface area contributed by atoms with Gasteiger partial charge in [0.15, 0.2) is 0 Å². The average Bonchev–Trinajstić information content (AvgIpc) is 2.88. The van der Waals surface area contributed by atoms with Crippen LogP contribution in [0, 0.1) is 5.41 Å². The van der Waals surface area contributed by atoms with Crippen LogP contribution in [0.1, 0.15) is 18.7 Å². The molecular formula is C9H10N2O. The molecule has 0 atom stereocenters. The molecule has 0 N–H and O–H groups in total. The minimum atomic E-state index is -0.110. The van der Waals surface area contributed by atoms with Crippen molar-refractivity contribution < 1.29 is 4.79 Å². The topological polar surface area (TPSA) is 42.9 Å². The molecule has 1 saturated carbocycles. The van der Waals surface area contributed by atoms with Gasteiger partial charge in [0.1, 0.15) is 12.1 Å². The van der Waals surface area contributed by atoms with Gasteiger partial charge in [0.05, 0.1) is 0 Å². The zero-order chi connectivity index (χ0) is 8.44. The summed E-state index contributed by atoms with van der Waals surface area (Å²) >= 11 is 0. The maximum atomic E-state index is 10.6. The SMILES string of the molecule is O=CC1(Cc2ncccn2)CC1. The molecular weight excluding hydrogens is 152 g/mol. The van der Waals surface area contributed by atoms with Gasteiger partial charge >= 0.3 is 0 Å². The van der Waals surface area contributed by atoms with Gasteiger partial charge in [-0.05, 0) is 18.9 Å². The Morgan fingerprint density at radius 1 is 1.42 bits per heavy atom. The van der Waals surface area contributed by atoms with E-state index in [9.17, 15) is 4.79 Å². The Morgan fingerprint density at radius 2 is 2.08 bits per heavy atom. The van der Waals surface area contributed by atoms with Gasteiger partial charge in [-0.2, -0.15) is 0 Å². The van der Waals surface area contributed by atoms with Crippen LogP contribution in [0.3, 0.4) is 0 Å². The van der Waals surface area contributed by atoms with E-state index in [0.29, 0.717) is 6.42 Å². The molecule has 0 aliphatic heterocycles. The third kappa shape index (κ3) is 1.35. The van der Waals surface area contributed by atoms with Crippen LogP contribution in [-0.4, -0.2) is 16.3 Å². The molecule has 3 heteroatoms. The van der Waals surface area contributed by atoms with Crippen molar-refractivity contribution in [2.45, 2.75) is 19.3 Å². The van der Waals surface area contributed by atoms with E-state index in [0.717, 1.165) is 25.0 Å². The highest BCUT2D eigenvalue weighted by molar-refractivity contribution is 5.63. The van der Waals surface area contributed by atoms with E-state index in [1.54, 1.807) is 18.5 Å². The van der Waals surface area contributed by atoms with Crippen LogP contribution >= 0.6 is 0 Å². The van der Waals surface area contributed by atoms with Crippen LogP contribution in [0.15, 0.2) is 18.5 Å². The molecule has 0 radical (unpaired) electrons. The Kier molecular flexibility index (Phi) is 1.64. The van der Waals surface area contributed by atoms with Crippen LogP contribution in [0.5, 0.6) is 0 Å². The number of carbonyl (C=O) groups is 1. The molecule has 0 unspecified atom stereocenters. The van der Waals surface area contributed by atoms with Crippen molar-refractivity contribution in [3.63, 3.8) is 0 Å². The van der Waals surface area contributed by atoms with E-state index >= 15 is 0 Å². The number of aldehydes is 1. The first kappa shape index (κ1) is 7.40. The molecule has 0 aromatic carbocycles. The van der Waals surface area contributed by atoms with Gasteiger partial charge < -0.3 is 4.79 Å². The second-order valence-electron chi connectivity index (χ2n) is 3.32. The Bertz CT molecular complexity index is 280. The average molecular weight is 162 g/mol. The highest BCUT2D eigenvalue weighted by Gasteiger charge is 2.43. The summed E-state index contributed by atoms with van der Waals surface area (Å²) in [6, 6.07) is 1.78. The molecule has 12 heavy (non-hydrogen) atoms. The van der Waals surface area contributed by atoms with E-state index < -0.39 is 0 Å². The number of carbonyl (C=O) groups excluding carboxylic acids is 1. The van der Waals surface area contributed by atoms with Crippen LogP contribution in [0.25, 0.3) is 0 Å². The van der Waals surface area contributed by atoms with Crippen molar-refractivity contribution >= 4 is 6.29 Å². The fraction of sp³-hybridized carbons (Fsp3) is 0.444. The smallest absolute Gasteiger partial charge is 0.129 e. The lowest BCUT2D eigenvalue weighted by molar-refractivity contribution is -0.112. The first-order valence-corrected chi connectivity index (χ1v) is 4.07. The summed E-state index contributed by atoms with van der Waals surface area (Å²) < 4.78 is 0. The van der Waals surface area contributed by atoms with Crippen LogP contribution in [0.2, 0.25) is 0 Å². The summed E-state index contributed by atoms with van der Waals surface area (Å²) in [6.07, 6.45) is 7.16. The van der Waals surface area contributed by atoms with Gasteiger partial charge in [0.25, 0.3) is 0 Å². The van der Waals surface area contributed by atoms with Crippen molar-refractivity contribution in [1.29, 1.82) is 0 Å². The fourth-order valence-corrected chi connectivity index (χ4v) is 1.23. The Morgan fingerprint density at radius 3 is 2.58 bits per heavy atom. The molecule has 0 saturated heterocycles. The van der Waals surface area contributed by atoms with E-state index in [1.165, 1.54) is 0 Å². The third-order valence-corrected chi connectivity index (χ3v) is 2.27. The second kappa shape index (κ2) is 2.66. The van der Waals surface area contributed by atoms with Crippen LogP contribution < -0.4 is 0 Å². The van der Waals surface area contributed by atoms with Crippen molar-refractivity contribution in [3.05, 3.63) is 24.3 Å². The van der Waals surface area contributed by atoms with E-state index in [-0.39, 0.29) is 5.41 Å². The number of hydrogen-bond donors (Lipinski definition) is 0. The lowest BCUT2D eigenvalue weighted by Gasteiger charge is -2.03. The zero-order valence-corrected chi connectivity index (χ0v) is 6.73.